The van der Waals surface area contributed by atoms with Gasteiger partial charge in [0, 0.05) is 12.2 Å². The lowest BCUT2D eigenvalue weighted by atomic mass is 9.92. The Morgan fingerprint density at radius 3 is 2.94 bits per heavy atom. The van der Waals surface area contributed by atoms with Gasteiger partial charge in [0.15, 0.2) is 0 Å². The summed E-state index contributed by atoms with van der Waals surface area (Å²) in [6, 6.07) is 2.00. The summed E-state index contributed by atoms with van der Waals surface area (Å²) < 4.78 is 0. The molecule has 92 valence electrons. The lowest BCUT2D eigenvalue weighted by Crippen LogP contribution is -2.18. The van der Waals surface area contributed by atoms with Crippen molar-refractivity contribution in [3.05, 3.63) is 28.6 Å². The van der Waals surface area contributed by atoms with E-state index in [0.29, 0.717) is 17.1 Å². The van der Waals surface area contributed by atoms with Crippen LogP contribution in [0.1, 0.15) is 33.1 Å². The van der Waals surface area contributed by atoms with E-state index in [0.717, 1.165) is 19.3 Å². The molecule has 5 nitrogen and oxygen atoms in total. The summed E-state index contributed by atoms with van der Waals surface area (Å²) in [5.74, 6) is 0. The maximum atomic E-state index is 10.8. The molecule has 1 N–H and O–H groups in total. The van der Waals surface area contributed by atoms with E-state index in [9.17, 15) is 10.1 Å². The molecule has 17 heavy (non-hydrogen) atoms. The zero-order valence-corrected chi connectivity index (χ0v) is 10.1. The predicted molar refractivity (Wildman–Crippen MR) is 65.9 cm³/mol. The third kappa shape index (κ3) is 2.72. The van der Waals surface area contributed by atoms with E-state index in [4.69, 9.17) is 0 Å². The van der Waals surface area contributed by atoms with Gasteiger partial charge in [-0.05, 0) is 30.7 Å². The summed E-state index contributed by atoms with van der Waals surface area (Å²) in [5, 5.41) is 14.1. The predicted octanol–water partition coefficient (Wildman–Crippen LogP) is 2.98. The number of nitrogens with one attached hydrogen (secondary N) is 1. The Bertz CT molecular complexity index is 432. The van der Waals surface area contributed by atoms with Crippen LogP contribution in [0.5, 0.6) is 0 Å². The molecule has 2 rings (SSSR count). The number of aromatic nitrogens is 1. The largest absolute Gasteiger partial charge is 0.377 e. The topological polar surface area (TPSA) is 68.1 Å². The zero-order chi connectivity index (χ0) is 12.5. The number of hydrogen-bond donors (Lipinski definition) is 1. The van der Waals surface area contributed by atoms with Gasteiger partial charge in [-0.15, -0.1) is 0 Å². The number of pyridine rings is 1. The minimum Gasteiger partial charge on any atom is -0.377 e. The van der Waals surface area contributed by atoms with Crippen LogP contribution in [0.4, 0.5) is 11.4 Å². The van der Waals surface area contributed by atoms with E-state index < -0.39 is 4.92 Å². The Morgan fingerprint density at radius 1 is 1.59 bits per heavy atom. The summed E-state index contributed by atoms with van der Waals surface area (Å²) in [6.45, 7) is 4.46. The highest BCUT2D eigenvalue weighted by Crippen LogP contribution is 2.39. The molecule has 1 unspecified atom stereocenters. The monoisotopic (exact) mass is 235 g/mol. The molecule has 0 radical (unpaired) electrons. The maximum Gasteiger partial charge on any atom is 0.310 e. The Labute approximate surface area is 100 Å². The summed E-state index contributed by atoms with van der Waals surface area (Å²) in [5.41, 5.74) is 0.962. The van der Waals surface area contributed by atoms with Crippen LogP contribution in [0.25, 0.3) is 0 Å². The number of anilines is 1. The van der Waals surface area contributed by atoms with Crippen LogP contribution in [0.15, 0.2) is 18.5 Å². The highest BCUT2D eigenvalue weighted by Gasteiger charge is 2.31. The second-order valence-electron chi connectivity index (χ2n) is 5.40. The van der Waals surface area contributed by atoms with Crippen molar-refractivity contribution in [3.8, 4) is 0 Å². The minimum absolute atomic E-state index is 0.0530. The van der Waals surface area contributed by atoms with Gasteiger partial charge >= 0.3 is 5.69 Å². The SMILES string of the molecule is CC1(C)CCC(Nc2ccncc2[N+](=O)[O-])C1. The molecular formula is C12H17N3O2. The van der Waals surface area contributed by atoms with Crippen molar-refractivity contribution in [2.24, 2.45) is 5.41 Å². The molecule has 1 saturated carbocycles. The van der Waals surface area contributed by atoms with Gasteiger partial charge in [0.05, 0.1) is 4.92 Å². The van der Waals surface area contributed by atoms with Crippen LogP contribution >= 0.6 is 0 Å². The number of rotatable bonds is 3. The highest BCUT2D eigenvalue weighted by atomic mass is 16.6. The van der Waals surface area contributed by atoms with Gasteiger partial charge in [0.25, 0.3) is 0 Å². The lowest BCUT2D eigenvalue weighted by Gasteiger charge is -2.18. The van der Waals surface area contributed by atoms with Crippen molar-refractivity contribution >= 4 is 11.4 Å². The van der Waals surface area contributed by atoms with Crippen molar-refractivity contribution in [2.75, 3.05) is 5.32 Å². The van der Waals surface area contributed by atoms with Gasteiger partial charge < -0.3 is 5.32 Å². The molecular weight excluding hydrogens is 218 g/mol. The van der Waals surface area contributed by atoms with Crippen molar-refractivity contribution < 1.29 is 4.92 Å². The summed E-state index contributed by atoms with van der Waals surface area (Å²) in [4.78, 5) is 14.2. The van der Waals surface area contributed by atoms with Gasteiger partial charge in [-0.1, -0.05) is 13.8 Å². The van der Waals surface area contributed by atoms with Gasteiger partial charge in [-0.25, -0.2) is 0 Å². The summed E-state index contributed by atoms with van der Waals surface area (Å²) >= 11 is 0. The molecule has 0 saturated heterocycles. The molecule has 1 aliphatic rings. The first-order valence-corrected chi connectivity index (χ1v) is 5.83. The number of nitro groups is 1. The normalized spacial score (nSPS) is 22.4. The van der Waals surface area contributed by atoms with Gasteiger partial charge in [-0.2, -0.15) is 0 Å². The standard InChI is InChI=1S/C12H17N3O2/c1-12(2)5-3-9(7-12)14-10-4-6-13-8-11(10)15(16)17/h4,6,8-9H,3,5,7H2,1-2H3,(H,13,14). The Hall–Kier alpha value is -1.65. The molecule has 0 aromatic carbocycles. The minimum atomic E-state index is -0.393. The van der Waals surface area contributed by atoms with Crippen molar-refractivity contribution in [3.63, 3.8) is 0 Å². The van der Waals surface area contributed by atoms with Gasteiger partial charge in [0.1, 0.15) is 11.9 Å². The van der Waals surface area contributed by atoms with Crippen molar-refractivity contribution in [1.29, 1.82) is 0 Å². The van der Waals surface area contributed by atoms with Crippen molar-refractivity contribution in [1.82, 2.24) is 4.98 Å². The molecule has 0 aliphatic heterocycles. The van der Waals surface area contributed by atoms with Crippen LogP contribution in [-0.2, 0) is 0 Å². The Kier molecular flexibility index (Phi) is 3.00. The van der Waals surface area contributed by atoms with Crippen LogP contribution in [0.3, 0.4) is 0 Å². The van der Waals surface area contributed by atoms with E-state index in [2.05, 4.69) is 24.1 Å². The third-order valence-electron chi connectivity index (χ3n) is 3.32. The average molecular weight is 235 g/mol. The molecule has 1 aliphatic carbocycles. The summed E-state index contributed by atoms with van der Waals surface area (Å²) in [7, 11) is 0. The Balaban J connectivity index is 2.12. The fourth-order valence-corrected chi connectivity index (χ4v) is 2.43. The smallest absolute Gasteiger partial charge is 0.310 e. The fourth-order valence-electron chi connectivity index (χ4n) is 2.43. The molecule has 1 atom stereocenters. The lowest BCUT2D eigenvalue weighted by molar-refractivity contribution is -0.384. The number of hydrogen-bond acceptors (Lipinski definition) is 4. The first-order chi connectivity index (χ1) is 7.98. The van der Waals surface area contributed by atoms with E-state index in [1.54, 1.807) is 12.3 Å². The van der Waals surface area contributed by atoms with Crippen molar-refractivity contribution in [2.45, 2.75) is 39.2 Å². The van der Waals surface area contributed by atoms with E-state index in [-0.39, 0.29) is 5.69 Å². The molecule has 1 fully saturated rings. The highest BCUT2D eigenvalue weighted by molar-refractivity contribution is 5.60. The zero-order valence-electron chi connectivity index (χ0n) is 10.1. The summed E-state index contributed by atoms with van der Waals surface area (Å²) in [6.07, 6.45) is 6.14. The van der Waals surface area contributed by atoms with Crippen LogP contribution < -0.4 is 5.32 Å². The van der Waals surface area contributed by atoms with Crippen LogP contribution in [-0.4, -0.2) is 15.9 Å². The van der Waals surface area contributed by atoms with E-state index >= 15 is 0 Å². The molecule has 0 spiro atoms. The Morgan fingerprint density at radius 2 is 2.35 bits per heavy atom. The van der Waals surface area contributed by atoms with E-state index in [1.165, 1.54) is 6.20 Å². The third-order valence-corrected chi connectivity index (χ3v) is 3.32. The quantitative estimate of drug-likeness (QED) is 0.646. The molecule has 0 bridgehead atoms. The average Bonchev–Trinajstić information content (AvgIpc) is 2.58. The van der Waals surface area contributed by atoms with Gasteiger partial charge in [-0.3, -0.25) is 15.1 Å². The first-order valence-electron chi connectivity index (χ1n) is 5.83. The van der Waals surface area contributed by atoms with Gasteiger partial charge in [0.2, 0.25) is 0 Å². The van der Waals surface area contributed by atoms with E-state index in [1.807, 2.05) is 0 Å². The number of nitrogens with zero attached hydrogens (tertiary/aromatic N) is 2. The first kappa shape index (κ1) is 11.8. The molecule has 1 aromatic rings. The van der Waals surface area contributed by atoms with Crippen LogP contribution in [0, 0.1) is 15.5 Å². The van der Waals surface area contributed by atoms with Crippen LogP contribution in [0.2, 0.25) is 0 Å². The molecule has 5 heteroatoms. The fraction of sp³-hybridized carbons (Fsp3) is 0.583. The molecule has 1 heterocycles. The second kappa shape index (κ2) is 4.31. The maximum absolute atomic E-state index is 10.8. The second-order valence-corrected chi connectivity index (χ2v) is 5.40. The molecule has 1 aromatic heterocycles. The molecule has 0 amide bonds.